The number of hydrogen-bond donors (Lipinski definition) is 1. The van der Waals surface area contributed by atoms with Crippen molar-refractivity contribution in [1.82, 2.24) is 15.1 Å². The van der Waals surface area contributed by atoms with Crippen LogP contribution in [0.3, 0.4) is 0 Å². The van der Waals surface area contributed by atoms with Gasteiger partial charge in [0.25, 0.3) is 11.8 Å². The largest absolute Gasteiger partial charge is 0.379 e. The molecule has 2 amide bonds. The molecule has 0 aromatic heterocycles. The van der Waals surface area contributed by atoms with Gasteiger partial charge >= 0.3 is 0 Å². The van der Waals surface area contributed by atoms with Gasteiger partial charge in [0, 0.05) is 56.3 Å². The van der Waals surface area contributed by atoms with Crippen LogP contribution in [0.5, 0.6) is 0 Å². The van der Waals surface area contributed by atoms with Crippen molar-refractivity contribution in [2.24, 2.45) is 0 Å². The number of nitrogens with zero attached hydrogens (tertiary/aromatic N) is 2. The van der Waals surface area contributed by atoms with E-state index in [2.05, 4.69) is 23.2 Å². The molecule has 1 atom stereocenters. The molecule has 4 rings (SSSR count). The van der Waals surface area contributed by atoms with Crippen molar-refractivity contribution in [3.8, 4) is 0 Å². The monoisotopic (exact) mass is 449 g/mol. The van der Waals surface area contributed by atoms with Gasteiger partial charge in [0.2, 0.25) is 0 Å². The van der Waals surface area contributed by atoms with Crippen molar-refractivity contribution in [3.05, 3.63) is 70.8 Å². The molecule has 1 N–H and O–H groups in total. The van der Waals surface area contributed by atoms with Crippen LogP contribution in [0.2, 0.25) is 0 Å². The second kappa shape index (κ2) is 11.4. The van der Waals surface area contributed by atoms with E-state index < -0.39 is 0 Å². The first-order chi connectivity index (χ1) is 16.1. The molecule has 2 aromatic carbocycles. The maximum absolute atomic E-state index is 13.1. The van der Waals surface area contributed by atoms with Crippen molar-refractivity contribution in [2.75, 3.05) is 52.5 Å². The summed E-state index contributed by atoms with van der Waals surface area (Å²) in [7, 11) is 0. The van der Waals surface area contributed by atoms with E-state index in [4.69, 9.17) is 4.74 Å². The van der Waals surface area contributed by atoms with Crippen molar-refractivity contribution in [2.45, 2.75) is 32.1 Å². The van der Waals surface area contributed by atoms with Crippen molar-refractivity contribution in [3.63, 3.8) is 0 Å². The number of morpholine rings is 1. The third-order valence-electron chi connectivity index (χ3n) is 6.76. The van der Waals surface area contributed by atoms with Gasteiger partial charge in [0.05, 0.1) is 13.2 Å². The second-order valence-electron chi connectivity index (χ2n) is 8.98. The normalized spacial score (nSPS) is 19.3. The zero-order valence-corrected chi connectivity index (χ0v) is 19.6. The summed E-state index contributed by atoms with van der Waals surface area (Å²) >= 11 is 0. The van der Waals surface area contributed by atoms with Gasteiger partial charge in [-0.3, -0.25) is 14.5 Å². The molecule has 0 aliphatic carbocycles. The van der Waals surface area contributed by atoms with Crippen LogP contribution in [0.1, 0.15) is 57.5 Å². The van der Waals surface area contributed by atoms with Gasteiger partial charge in [-0.05, 0) is 54.7 Å². The minimum atomic E-state index is -0.0372. The number of likely N-dealkylation sites (tertiary alicyclic amines) is 1. The van der Waals surface area contributed by atoms with E-state index in [0.717, 1.165) is 69.8 Å². The van der Waals surface area contributed by atoms with Crippen LogP contribution in [0.25, 0.3) is 0 Å². The van der Waals surface area contributed by atoms with Crippen LogP contribution >= 0.6 is 0 Å². The maximum atomic E-state index is 13.1. The molecule has 0 unspecified atom stereocenters. The summed E-state index contributed by atoms with van der Waals surface area (Å²) in [6.07, 6.45) is 2.97. The predicted molar refractivity (Wildman–Crippen MR) is 130 cm³/mol. The molecular formula is C27H35N3O3. The Labute approximate surface area is 196 Å². The summed E-state index contributed by atoms with van der Waals surface area (Å²) < 4.78 is 5.37. The number of benzene rings is 2. The van der Waals surface area contributed by atoms with Gasteiger partial charge in [-0.25, -0.2) is 0 Å². The molecule has 33 heavy (non-hydrogen) atoms. The summed E-state index contributed by atoms with van der Waals surface area (Å²) in [5, 5.41) is 3.05. The van der Waals surface area contributed by atoms with Crippen LogP contribution in [0.4, 0.5) is 0 Å². The highest BCUT2D eigenvalue weighted by atomic mass is 16.5. The van der Waals surface area contributed by atoms with E-state index in [-0.39, 0.29) is 17.7 Å². The van der Waals surface area contributed by atoms with Crippen LogP contribution in [0.15, 0.2) is 48.5 Å². The number of nitrogens with one attached hydrogen (secondary N) is 1. The standard InChI is InChI=1S/C27H35N3O3/c1-2-21-8-10-22(11-9-21)27(32)30-13-4-7-25(20-30)23-5-3-6-24(19-23)26(31)28-12-14-29-15-17-33-18-16-29/h3,5-6,8-11,19,25H,2,4,7,12-18,20H2,1H3,(H,28,31)/t25-/m0/s1. The number of amides is 2. The first-order valence-electron chi connectivity index (χ1n) is 12.2. The minimum absolute atomic E-state index is 0.0372. The smallest absolute Gasteiger partial charge is 0.253 e. The minimum Gasteiger partial charge on any atom is -0.379 e. The van der Waals surface area contributed by atoms with Gasteiger partial charge in [-0.2, -0.15) is 0 Å². The summed E-state index contributed by atoms with van der Waals surface area (Å²) in [5.41, 5.74) is 3.81. The quantitative estimate of drug-likeness (QED) is 0.704. The first kappa shape index (κ1) is 23.5. The number of hydrogen-bond acceptors (Lipinski definition) is 4. The fourth-order valence-electron chi connectivity index (χ4n) is 4.69. The van der Waals surface area contributed by atoms with Crippen LogP contribution < -0.4 is 5.32 Å². The SMILES string of the molecule is CCc1ccc(C(=O)N2CCC[C@H](c3cccc(C(=O)NCCN4CCOCC4)c3)C2)cc1. The van der Waals surface area contributed by atoms with Crippen LogP contribution in [-0.4, -0.2) is 74.1 Å². The van der Waals surface area contributed by atoms with Gasteiger partial charge < -0.3 is 15.0 Å². The molecule has 2 aromatic rings. The third kappa shape index (κ3) is 6.21. The Kier molecular flexibility index (Phi) is 8.13. The number of ether oxygens (including phenoxy) is 1. The highest BCUT2D eigenvalue weighted by Gasteiger charge is 2.26. The molecule has 6 heteroatoms. The summed E-state index contributed by atoms with van der Waals surface area (Å²) in [6.45, 7) is 8.44. The van der Waals surface area contributed by atoms with Gasteiger partial charge in [0.1, 0.15) is 0 Å². The van der Waals surface area contributed by atoms with E-state index in [1.165, 1.54) is 5.56 Å². The molecule has 2 fully saturated rings. The Morgan fingerprint density at radius 3 is 2.58 bits per heavy atom. The Hall–Kier alpha value is -2.70. The topological polar surface area (TPSA) is 61.9 Å². The summed E-state index contributed by atoms with van der Waals surface area (Å²) in [4.78, 5) is 30.0. The zero-order chi connectivity index (χ0) is 23.0. The lowest BCUT2D eigenvalue weighted by molar-refractivity contribution is 0.0383. The molecule has 0 spiro atoms. The average molecular weight is 450 g/mol. The lowest BCUT2D eigenvalue weighted by Gasteiger charge is -2.33. The van der Waals surface area contributed by atoms with Gasteiger partial charge in [-0.1, -0.05) is 31.2 Å². The number of aryl methyl sites for hydroxylation is 1. The highest BCUT2D eigenvalue weighted by Crippen LogP contribution is 2.28. The number of rotatable bonds is 7. The molecule has 2 aliphatic rings. The fraction of sp³-hybridized carbons (Fsp3) is 0.481. The van der Waals surface area contributed by atoms with E-state index in [0.29, 0.717) is 18.7 Å². The third-order valence-corrected chi connectivity index (χ3v) is 6.76. The molecule has 176 valence electrons. The summed E-state index contributed by atoms with van der Waals surface area (Å²) in [6, 6.07) is 15.9. The van der Waals surface area contributed by atoms with Crippen molar-refractivity contribution >= 4 is 11.8 Å². The molecule has 0 saturated carbocycles. The summed E-state index contributed by atoms with van der Waals surface area (Å²) in [5.74, 6) is 0.308. The number of carbonyl (C=O) groups is 2. The van der Waals surface area contributed by atoms with E-state index in [9.17, 15) is 9.59 Å². The highest BCUT2D eigenvalue weighted by molar-refractivity contribution is 5.95. The Morgan fingerprint density at radius 2 is 1.82 bits per heavy atom. The van der Waals surface area contributed by atoms with Gasteiger partial charge in [-0.15, -0.1) is 0 Å². The lowest BCUT2D eigenvalue weighted by atomic mass is 9.89. The molecule has 2 aliphatic heterocycles. The Morgan fingerprint density at radius 1 is 1.03 bits per heavy atom. The molecule has 2 saturated heterocycles. The van der Waals surface area contributed by atoms with Crippen LogP contribution in [-0.2, 0) is 11.2 Å². The van der Waals surface area contributed by atoms with Gasteiger partial charge in [0.15, 0.2) is 0 Å². The Balaban J connectivity index is 1.34. The Bertz CT molecular complexity index is 938. The molecule has 0 radical (unpaired) electrons. The predicted octanol–water partition coefficient (Wildman–Crippen LogP) is 3.33. The van der Waals surface area contributed by atoms with E-state index in [1.807, 2.05) is 47.4 Å². The zero-order valence-electron chi connectivity index (χ0n) is 19.6. The van der Waals surface area contributed by atoms with Crippen molar-refractivity contribution < 1.29 is 14.3 Å². The molecular weight excluding hydrogens is 414 g/mol. The number of piperidine rings is 1. The first-order valence-corrected chi connectivity index (χ1v) is 12.2. The van der Waals surface area contributed by atoms with Crippen molar-refractivity contribution in [1.29, 1.82) is 0 Å². The lowest BCUT2D eigenvalue weighted by Crippen LogP contribution is -2.41. The molecule has 2 heterocycles. The number of carbonyl (C=O) groups excluding carboxylic acids is 2. The molecule has 6 nitrogen and oxygen atoms in total. The molecule has 0 bridgehead atoms. The van der Waals surface area contributed by atoms with Crippen LogP contribution in [0, 0.1) is 0 Å². The second-order valence-corrected chi connectivity index (χ2v) is 8.98. The van der Waals surface area contributed by atoms with E-state index >= 15 is 0 Å². The average Bonchev–Trinajstić information content (AvgIpc) is 2.89. The maximum Gasteiger partial charge on any atom is 0.253 e. The fourth-order valence-corrected chi connectivity index (χ4v) is 4.69. The van der Waals surface area contributed by atoms with E-state index in [1.54, 1.807) is 0 Å².